The van der Waals surface area contributed by atoms with Crippen molar-refractivity contribution in [3.8, 4) is 5.75 Å². The number of ether oxygens (including phenoxy) is 1. The highest BCUT2D eigenvalue weighted by Crippen LogP contribution is 2.40. The predicted octanol–water partition coefficient (Wildman–Crippen LogP) is 5.39. The highest BCUT2D eigenvalue weighted by molar-refractivity contribution is 9.09. The number of halogens is 3. The highest BCUT2D eigenvalue weighted by Gasteiger charge is 2.18. The van der Waals surface area contributed by atoms with E-state index in [4.69, 9.17) is 32.4 Å². The van der Waals surface area contributed by atoms with Crippen molar-refractivity contribution < 1.29 is 9.15 Å². The summed E-state index contributed by atoms with van der Waals surface area (Å²) in [4.78, 5) is -0.0640. The van der Waals surface area contributed by atoms with Crippen LogP contribution >= 0.6 is 39.1 Å². The van der Waals surface area contributed by atoms with Crippen LogP contribution < -0.4 is 4.74 Å². The molecule has 0 aliphatic heterocycles. The van der Waals surface area contributed by atoms with Gasteiger partial charge in [-0.3, -0.25) is 0 Å². The highest BCUT2D eigenvalue weighted by atomic mass is 79.9. The molecular weight excluding hydrogens is 339 g/mol. The van der Waals surface area contributed by atoms with Gasteiger partial charge in [-0.2, -0.15) is 0 Å². The number of rotatable bonds is 3. The van der Waals surface area contributed by atoms with Crippen molar-refractivity contribution in [3.63, 3.8) is 0 Å². The number of hydrogen-bond acceptors (Lipinski definition) is 2. The largest absolute Gasteiger partial charge is 0.495 e. The van der Waals surface area contributed by atoms with Gasteiger partial charge in [-0.05, 0) is 24.6 Å². The van der Waals surface area contributed by atoms with E-state index >= 15 is 0 Å². The molecule has 0 radical (unpaired) electrons. The zero-order chi connectivity index (χ0) is 13.3. The van der Waals surface area contributed by atoms with Crippen molar-refractivity contribution in [1.82, 2.24) is 0 Å². The summed E-state index contributed by atoms with van der Waals surface area (Å²) in [6.07, 6.45) is 1.70. The van der Waals surface area contributed by atoms with Crippen molar-refractivity contribution in [3.05, 3.63) is 51.4 Å². The van der Waals surface area contributed by atoms with Gasteiger partial charge in [0.1, 0.15) is 11.5 Å². The summed E-state index contributed by atoms with van der Waals surface area (Å²) in [5.74, 6) is 1.42. The van der Waals surface area contributed by atoms with E-state index in [1.807, 2.05) is 13.0 Å². The van der Waals surface area contributed by atoms with E-state index in [9.17, 15) is 0 Å². The van der Waals surface area contributed by atoms with Gasteiger partial charge in [0.25, 0.3) is 0 Å². The van der Waals surface area contributed by atoms with E-state index in [0.29, 0.717) is 15.8 Å². The van der Waals surface area contributed by atoms with Crippen LogP contribution in [0.4, 0.5) is 0 Å². The molecule has 2 nitrogen and oxygen atoms in total. The third-order valence-corrected chi connectivity index (χ3v) is 4.23. The Balaban J connectivity index is 2.42. The fourth-order valence-corrected chi connectivity index (χ4v) is 2.93. The molecule has 96 valence electrons. The molecule has 18 heavy (non-hydrogen) atoms. The number of methoxy groups -OCH3 is 1. The lowest BCUT2D eigenvalue weighted by molar-refractivity contribution is 0.415. The number of hydrogen-bond donors (Lipinski definition) is 0. The standard InChI is InChI=1S/C13H11BrCl2O2/c1-7-3-8(6-18-7)13(14)9-4-11(16)12(17-2)5-10(9)15/h3-6,13H,1-2H3. The lowest BCUT2D eigenvalue weighted by Crippen LogP contribution is -1.94. The van der Waals surface area contributed by atoms with Crippen molar-refractivity contribution >= 4 is 39.1 Å². The molecule has 2 aromatic rings. The molecule has 1 unspecified atom stereocenters. The Hall–Kier alpha value is -0.640. The Labute approximate surface area is 124 Å². The average molecular weight is 350 g/mol. The van der Waals surface area contributed by atoms with Crippen LogP contribution in [0.1, 0.15) is 21.7 Å². The molecule has 1 aromatic carbocycles. The van der Waals surface area contributed by atoms with E-state index in [0.717, 1.165) is 16.9 Å². The zero-order valence-electron chi connectivity index (χ0n) is 9.84. The summed E-state index contributed by atoms with van der Waals surface area (Å²) >= 11 is 15.9. The first kappa shape index (κ1) is 13.8. The summed E-state index contributed by atoms with van der Waals surface area (Å²) in [6, 6.07) is 5.46. The minimum atomic E-state index is -0.0640. The first-order valence-corrected chi connectivity index (χ1v) is 6.92. The Bertz CT molecular complexity index is 566. The van der Waals surface area contributed by atoms with E-state index in [1.165, 1.54) is 0 Å². The van der Waals surface area contributed by atoms with E-state index < -0.39 is 0 Å². The van der Waals surface area contributed by atoms with E-state index in [1.54, 1.807) is 25.5 Å². The van der Waals surface area contributed by atoms with Crippen LogP contribution in [0.2, 0.25) is 10.0 Å². The first-order valence-electron chi connectivity index (χ1n) is 5.25. The second kappa shape index (κ2) is 5.55. The molecule has 1 aromatic heterocycles. The monoisotopic (exact) mass is 348 g/mol. The number of furan rings is 1. The van der Waals surface area contributed by atoms with Gasteiger partial charge in [-0.1, -0.05) is 39.1 Å². The third kappa shape index (κ3) is 2.68. The molecule has 0 bridgehead atoms. The minimum Gasteiger partial charge on any atom is -0.495 e. The van der Waals surface area contributed by atoms with Crippen LogP contribution in [-0.4, -0.2) is 7.11 Å². The Kier molecular flexibility index (Phi) is 4.25. The second-order valence-corrected chi connectivity index (χ2v) is 5.59. The fourth-order valence-electron chi connectivity index (χ4n) is 1.67. The van der Waals surface area contributed by atoms with Gasteiger partial charge in [-0.15, -0.1) is 0 Å². The average Bonchev–Trinajstić information content (AvgIpc) is 2.77. The summed E-state index contributed by atoms with van der Waals surface area (Å²) in [7, 11) is 1.56. The Morgan fingerprint density at radius 2 is 1.94 bits per heavy atom. The molecule has 1 heterocycles. The van der Waals surface area contributed by atoms with Gasteiger partial charge in [0.15, 0.2) is 0 Å². The van der Waals surface area contributed by atoms with Crippen molar-refractivity contribution in [2.75, 3.05) is 7.11 Å². The Morgan fingerprint density at radius 1 is 1.22 bits per heavy atom. The molecule has 0 saturated heterocycles. The normalized spacial score (nSPS) is 12.5. The minimum absolute atomic E-state index is 0.0640. The van der Waals surface area contributed by atoms with Crippen molar-refractivity contribution in [2.24, 2.45) is 0 Å². The first-order chi connectivity index (χ1) is 8.52. The molecule has 5 heteroatoms. The van der Waals surface area contributed by atoms with Gasteiger partial charge in [0.2, 0.25) is 0 Å². The number of alkyl halides is 1. The quantitative estimate of drug-likeness (QED) is 0.693. The van der Waals surface area contributed by atoms with Crippen LogP contribution in [0, 0.1) is 6.92 Å². The zero-order valence-corrected chi connectivity index (χ0v) is 12.9. The smallest absolute Gasteiger partial charge is 0.138 e. The third-order valence-electron chi connectivity index (χ3n) is 2.59. The molecule has 1 atom stereocenters. The summed E-state index contributed by atoms with van der Waals surface area (Å²) in [5.41, 5.74) is 1.87. The molecule has 0 fully saturated rings. The molecule has 0 N–H and O–H groups in total. The SMILES string of the molecule is COc1cc(Cl)c(C(Br)c2coc(C)c2)cc1Cl. The van der Waals surface area contributed by atoms with Crippen molar-refractivity contribution in [2.45, 2.75) is 11.8 Å². The Morgan fingerprint density at radius 3 is 2.50 bits per heavy atom. The maximum atomic E-state index is 6.23. The van der Waals surface area contributed by atoms with Crippen LogP contribution in [0.15, 0.2) is 28.9 Å². The van der Waals surface area contributed by atoms with Crippen LogP contribution in [-0.2, 0) is 0 Å². The summed E-state index contributed by atoms with van der Waals surface area (Å²) < 4.78 is 10.4. The topological polar surface area (TPSA) is 22.4 Å². The van der Waals surface area contributed by atoms with Gasteiger partial charge in [0, 0.05) is 16.7 Å². The predicted molar refractivity (Wildman–Crippen MR) is 77.2 cm³/mol. The molecule has 0 aliphatic rings. The fraction of sp³-hybridized carbons (Fsp3) is 0.231. The second-order valence-electron chi connectivity index (χ2n) is 3.86. The molecule has 0 saturated carbocycles. The number of aryl methyl sites for hydroxylation is 1. The maximum Gasteiger partial charge on any atom is 0.138 e. The number of benzene rings is 1. The van der Waals surface area contributed by atoms with E-state index in [-0.39, 0.29) is 4.83 Å². The van der Waals surface area contributed by atoms with Crippen LogP contribution in [0.5, 0.6) is 5.75 Å². The summed E-state index contributed by atoms with van der Waals surface area (Å²) in [6.45, 7) is 1.89. The molecule has 2 rings (SSSR count). The lowest BCUT2D eigenvalue weighted by Gasteiger charge is -2.12. The van der Waals surface area contributed by atoms with Gasteiger partial charge < -0.3 is 9.15 Å². The maximum absolute atomic E-state index is 6.23. The van der Waals surface area contributed by atoms with Crippen molar-refractivity contribution in [1.29, 1.82) is 0 Å². The van der Waals surface area contributed by atoms with Gasteiger partial charge >= 0.3 is 0 Å². The van der Waals surface area contributed by atoms with E-state index in [2.05, 4.69) is 15.9 Å². The van der Waals surface area contributed by atoms with Crippen LogP contribution in [0.3, 0.4) is 0 Å². The van der Waals surface area contributed by atoms with Gasteiger partial charge in [0.05, 0.1) is 23.2 Å². The lowest BCUT2D eigenvalue weighted by atomic mass is 10.1. The van der Waals surface area contributed by atoms with Crippen LogP contribution in [0.25, 0.3) is 0 Å². The molecule has 0 aliphatic carbocycles. The molecule has 0 spiro atoms. The van der Waals surface area contributed by atoms with Gasteiger partial charge in [-0.25, -0.2) is 0 Å². The molecule has 0 amide bonds. The summed E-state index contributed by atoms with van der Waals surface area (Å²) in [5, 5.41) is 1.12. The molecular formula is C13H11BrCl2O2.